The molecule has 0 aliphatic carbocycles. The summed E-state index contributed by atoms with van der Waals surface area (Å²) >= 11 is 0. The minimum absolute atomic E-state index is 0.0557. The van der Waals surface area contributed by atoms with E-state index in [1.54, 1.807) is 12.1 Å². The molecule has 156 valence electrons. The number of methoxy groups -OCH3 is 1. The molecule has 0 radical (unpaired) electrons. The number of pyridine rings is 1. The van der Waals surface area contributed by atoms with Crippen molar-refractivity contribution in [3.05, 3.63) is 77.5 Å². The number of fused-ring (bicyclic) bond motifs is 1. The second-order valence-electron chi connectivity index (χ2n) is 6.31. The smallest absolute Gasteiger partial charge is 0.261 e. The zero-order valence-corrected chi connectivity index (χ0v) is 16.8. The summed E-state index contributed by atoms with van der Waals surface area (Å²) < 4.78 is 61.3. The van der Waals surface area contributed by atoms with Crippen molar-refractivity contribution < 1.29 is 21.9 Å². The van der Waals surface area contributed by atoms with Crippen LogP contribution in [0.5, 0.6) is 5.88 Å². The van der Waals surface area contributed by atoms with E-state index in [0.717, 1.165) is 12.1 Å². The Morgan fingerprint density at radius 1 is 1.10 bits per heavy atom. The highest BCUT2D eigenvalue weighted by Gasteiger charge is 2.19. The Balaban J connectivity index is 1.70. The Bertz CT molecular complexity index is 1440. The first-order valence-corrected chi connectivity index (χ1v) is 10.3. The quantitative estimate of drug-likeness (QED) is 0.474. The van der Waals surface area contributed by atoms with Crippen molar-refractivity contribution in [2.45, 2.75) is 4.90 Å². The van der Waals surface area contributed by atoms with Crippen molar-refractivity contribution in [2.75, 3.05) is 11.8 Å². The third-order valence-corrected chi connectivity index (χ3v) is 5.68. The van der Waals surface area contributed by atoms with Crippen molar-refractivity contribution in [1.29, 1.82) is 0 Å². The Hall–Kier alpha value is -3.97. The summed E-state index contributed by atoms with van der Waals surface area (Å²) in [5.41, 5.74) is -0.162. The molecule has 4 aromatic rings. The lowest BCUT2D eigenvalue weighted by atomic mass is 10.1. The first-order chi connectivity index (χ1) is 14.9. The van der Waals surface area contributed by atoms with Gasteiger partial charge in [-0.1, -0.05) is 30.0 Å². The molecular formula is C21H14F2N4O3S. The van der Waals surface area contributed by atoms with Crippen LogP contribution in [0.25, 0.3) is 11.0 Å². The zero-order chi connectivity index (χ0) is 22.0. The SMILES string of the molecule is COc1n[nH]c2ncc(C#Cc3c(F)ccc(NS(=O)(=O)c4ccccc4)c3F)cc12. The van der Waals surface area contributed by atoms with Crippen LogP contribution in [-0.4, -0.2) is 30.7 Å². The number of aromatic nitrogens is 3. The van der Waals surface area contributed by atoms with Gasteiger partial charge in [0.25, 0.3) is 10.0 Å². The third kappa shape index (κ3) is 4.04. The molecule has 2 heterocycles. The maximum atomic E-state index is 14.9. The molecule has 4 rings (SSSR count). The van der Waals surface area contributed by atoms with Crippen LogP contribution in [0.15, 0.2) is 59.6 Å². The van der Waals surface area contributed by atoms with Crippen LogP contribution in [0.4, 0.5) is 14.5 Å². The van der Waals surface area contributed by atoms with E-state index >= 15 is 0 Å². The molecule has 0 spiro atoms. The summed E-state index contributed by atoms with van der Waals surface area (Å²) in [5.74, 6) is 3.30. The molecule has 2 aromatic carbocycles. The van der Waals surface area contributed by atoms with Gasteiger partial charge in [0, 0.05) is 11.8 Å². The predicted octanol–water partition coefficient (Wildman–Crippen LogP) is 3.45. The molecule has 0 unspecified atom stereocenters. The van der Waals surface area contributed by atoms with Gasteiger partial charge in [0.05, 0.1) is 28.6 Å². The summed E-state index contributed by atoms with van der Waals surface area (Å²) in [7, 11) is -2.61. The van der Waals surface area contributed by atoms with Gasteiger partial charge in [-0.3, -0.25) is 9.82 Å². The molecule has 31 heavy (non-hydrogen) atoms. The number of rotatable bonds is 4. The number of H-pyrrole nitrogens is 1. The lowest BCUT2D eigenvalue weighted by Crippen LogP contribution is -2.14. The second-order valence-corrected chi connectivity index (χ2v) is 7.99. The average Bonchev–Trinajstić information content (AvgIpc) is 3.18. The molecule has 2 N–H and O–H groups in total. The highest BCUT2D eigenvalue weighted by atomic mass is 32.2. The van der Waals surface area contributed by atoms with Crippen molar-refractivity contribution in [1.82, 2.24) is 15.2 Å². The summed E-state index contributed by atoms with van der Waals surface area (Å²) in [5, 5.41) is 7.17. The summed E-state index contributed by atoms with van der Waals surface area (Å²) in [6.45, 7) is 0. The Labute approximate surface area is 176 Å². The molecule has 0 fully saturated rings. The van der Waals surface area contributed by atoms with Crippen molar-refractivity contribution in [2.24, 2.45) is 0 Å². The molecule has 10 heteroatoms. The van der Waals surface area contributed by atoms with Gasteiger partial charge >= 0.3 is 0 Å². The molecule has 0 atom stereocenters. The van der Waals surface area contributed by atoms with Crippen LogP contribution in [0.3, 0.4) is 0 Å². The van der Waals surface area contributed by atoms with E-state index in [9.17, 15) is 17.2 Å². The molecule has 7 nitrogen and oxygen atoms in total. The van der Waals surface area contributed by atoms with Gasteiger partial charge in [-0.15, -0.1) is 5.10 Å². The van der Waals surface area contributed by atoms with Gasteiger partial charge < -0.3 is 4.74 Å². The maximum Gasteiger partial charge on any atom is 0.261 e. The standard InChI is InChI=1S/C21H14F2N4O3S/c1-30-21-16-11-13(12-24-20(16)25-26-21)7-8-15-17(22)9-10-18(19(15)23)27-31(28,29)14-5-3-2-4-6-14/h2-6,9-12,27H,1H3,(H,24,25,26). The number of anilines is 1. The Morgan fingerprint density at radius 3 is 2.61 bits per heavy atom. The van der Waals surface area contributed by atoms with Crippen LogP contribution in [-0.2, 0) is 10.0 Å². The first kappa shape index (κ1) is 20.3. The highest BCUT2D eigenvalue weighted by molar-refractivity contribution is 7.92. The minimum Gasteiger partial charge on any atom is -0.479 e. The first-order valence-electron chi connectivity index (χ1n) is 8.85. The topological polar surface area (TPSA) is 97.0 Å². The van der Waals surface area contributed by atoms with Crippen molar-refractivity contribution in [3.8, 4) is 17.7 Å². The predicted molar refractivity (Wildman–Crippen MR) is 110 cm³/mol. The van der Waals surface area contributed by atoms with Crippen LogP contribution >= 0.6 is 0 Å². The molecular weight excluding hydrogens is 426 g/mol. The lowest BCUT2D eigenvalue weighted by Gasteiger charge is -2.10. The number of nitrogens with zero attached hydrogens (tertiary/aromatic N) is 2. The number of benzene rings is 2. The highest BCUT2D eigenvalue weighted by Crippen LogP contribution is 2.24. The van der Waals surface area contributed by atoms with E-state index in [1.165, 1.54) is 37.6 Å². The van der Waals surface area contributed by atoms with E-state index in [0.29, 0.717) is 22.5 Å². The largest absolute Gasteiger partial charge is 0.479 e. The van der Waals surface area contributed by atoms with Gasteiger partial charge in [-0.05, 0) is 30.3 Å². The van der Waals surface area contributed by atoms with E-state index < -0.39 is 32.9 Å². The summed E-state index contributed by atoms with van der Waals surface area (Å²) in [6.07, 6.45) is 1.41. The van der Waals surface area contributed by atoms with Crippen LogP contribution in [0, 0.1) is 23.5 Å². The van der Waals surface area contributed by atoms with E-state index in [1.807, 2.05) is 0 Å². The lowest BCUT2D eigenvalue weighted by molar-refractivity contribution is 0.401. The number of hydrogen-bond donors (Lipinski definition) is 2. The third-order valence-electron chi connectivity index (χ3n) is 4.30. The van der Waals surface area contributed by atoms with Crippen molar-refractivity contribution >= 4 is 26.7 Å². The average molecular weight is 440 g/mol. The van der Waals surface area contributed by atoms with E-state index in [2.05, 4.69) is 31.7 Å². The van der Waals surface area contributed by atoms with Gasteiger partial charge in [-0.2, -0.15) is 0 Å². The molecule has 0 aliphatic heterocycles. The van der Waals surface area contributed by atoms with Crippen LogP contribution in [0.1, 0.15) is 11.1 Å². The maximum absolute atomic E-state index is 14.9. The normalized spacial score (nSPS) is 11.1. The zero-order valence-electron chi connectivity index (χ0n) is 16.0. The number of hydrogen-bond acceptors (Lipinski definition) is 5. The number of sulfonamides is 1. The van der Waals surface area contributed by atoms with Gasteiger partial charge in [0.1, 0.15) is 5.82 Å². The van der Waals surface area contributed by atoms with E-state index in [4.69, 9.17) is 4.74 Å². The molecule has 0 amide bonds. The molecule has 0 bridgehead atoms. The number of aromatic amines is 1. The monoisotopic (exact) mass is 440 g/mol. The summed E-state index contributed by atoms with van der Waals surface area (Å²) in [4.78, 5) is 4.07. The molecule has 0 saturated carbocycles. The molecule has 0 aliphatic rings. The fourth-order valence-corrected chi connectivity index (χ4v) is 3.87. The fourth-order valence-electron chi connectivity index (χ4n) is 2.79. The van der Waals surface area contributed by atoms with Crippen molar-refractivity contribution in [3.63, 3.8) is 0 Å². The van der Waals surface area contributed by atoms with Crippen LogP contribution < -0.4 is 9.46 Å². The fraction of sp³-hybridized carbons (Fsp3) is 0.0476. The summed E-state index contributed by atoms with van der Waals surface area (Å²) in [6, 6.07) is 11.0. The van der Waals surface area contributed by atoms with Gasteiger partial charge in [0.15, 0.2) is 11.5 Å². The van der Waals surface area contributed by atoms with Gasteiger partial charge in [-0.25, -0.2) is 22.2 Å². The van der Waals surface area contributed by atoms with E-state index in [-0.39, 0.29) is 4.90 Å². The number of nitrogens with one attached hydrogen (secondary N) is 2. The number of halogens is 2. The number of ether oxygens (including phenoxy) is 1. The molecule has 2 aromatic heterocycles. The molecule has 0 saturated heterocycles. The Morgan fingerprint density at radius 2 is 1.87 bits per heavy atom. The second kappa shape index (κ2) is 8.04. The van der Waals surface area contributed by atoms with Gasteiger partial charge in [0.2, 0.25) is 5.88 Å². The van der Waals surface area contributed by atoms with Crippen LogP contribution in [0.2, 0.25) is 0 Å². The Kier molecular flexibility index (Phi) is 5.27. The minimum atomic E-state index is -4.05.